The van der Waals surface area contributed by atoms with Gasteiger partial charge in [0.15, 0.2) is 0 Å². The minimum absolute atomic E-state index is 0.223. The Balaban J connectivity index is 3.51. The molecule has 0 atom stereocenters. The molecular weight excluding hydrogens is 337 g/mol. The first-order valence-corrected chi connectivity index (χ1v) is 5.02. The summed E-state index contributed by atoms with van der Waals surface area (Å²) >= 11 is 2.45. The second kappa shape index (κ2) is 4.37. The smallest absolute Gasteiger partial charge is 0.369 e. The highest BCUT2D eigenvalue weighted by Crippen LogP contribution is 2.50. The van der Waals surface area contributed by atoms with E-state index in [2.05, 4.69) is 15.9 Å². The molecule has 102 valence electrons. The predicted octanol–water partition coefficient (Wildman–Crippen LogP) is 3.90. The van der Waals surface area contributed by atoms with E-state index in [1.165, 1.54) is 0 Å². The minimum atomic E-state index is -5.98. The minimum Gasteiger partial charge on any atom is -0.369 e. The lowest BCUT2D eigenvalue weighted by molar-refractivity contribution is -0.376. The van der Waals surface area contributed by atoms with E-state index in [4.69, 9.17) is 5.11 Å². The van der Waals surface area contributed by atoms with Gasteiger partial charge in [-0.15, -0.1) is 0 Å². The topological polar surface area (TPSA) is 20.2 Å². The zero-order chi connectivity index (χ0) is 14.4. The van der Waals surface area contributed by atoms with Crippen molar-refractivity contribution in [1.82, 2.24) is 0 Å². The van der Waals surface area contributed by atoms with Crippen molar-refractivity contribution < 1.29 is 35.8 Å². The number of benzene rings is 1. The average Bonchev–Trinajstić information content (AvgIpc) is 2.17. The molecule has 1 rings (SSSR count). The summed E-state index contributed by atoms with van der Waals surface area (Å²) in [6.07, 6.45) is -12.0. The SMILES string of the molecule is OC(c1ccc(F)c(Br)c1)(C(F)(F)F)C(F)(F)F. The van der Waals surface area contributed by atoms with Crippen molar-refractivity contribution in [2.45, 2.75) is 18.0 Å². The monoisotopic (exact) mass is 340 g/mol. The molecule has 0 saturated heterocycles. The quantitative estimate of drug-likeness (QED) is 0.769. The lowest BCUT2D eigenvalue weighted by Gasteiger charge is -2.32. The first-order chi connectivity index (χ1) is 7.91. The molecule has 9 heteroatoms. The molecule has 18 heavy (non-hydrogen) atoms. The van der Waals surface area contributed by atoms with E-state index in [0.717, 1.165) is 0 Å². The van der Waals surface area contributed by atoms with Gasteiger partial charge in [-0.3, -0.25) is 0 Å². The lowest BCUT2D eigenvalue weighted by atomic mass is 9.92. The molecule has 1 nitrogen and oxygen atoms in total. The summed E-state index contributed by atoms with van der Waals surface area (Å²) in [4.78, 5) is 0. The van der Waals surface area contributed by atoms with E-state index in [1.807, 2.05) is 0 Å². The molecule has 0 aromatic heterocycles. The highest BCUT2D eigenvalue weighted by molar-refractivity contribution is 9.10. The molecule has 1 N–H and O–H groups in total. The van der Waals surface area contributed by atoms with Crippen LogP contribution in [0.25, 0.3) is 0 Å². The molecule has 0 spiro atoms. The fourth-order valence-electron chi connectivity index (χ4n) is 1.21. The Labute approximate surface area is 104 Å². The predicted molar refractivity (Wildman–Crippen MR) is 50.1 cm³/mol. The van der Waals surface area contributed by atoms with Crippen LogP contribution < -0.4 is 0 Å². The zero-order valence-electron chi connectivity index (χ0n) is 8.20. The van der Waals surface area contributed by atoms with Crippen molar-refractivity contribution in [3.05, 3.63) is 34.1 Å². The van der Waals surface area contributed by atoms with E-state index < -0.39 is 33.8 Å². The first kappa shape index (κ1) is 15.2. The molecule has 0 amide bonds. The van der Waals surface area contributed by atoms with Crippen LogP contribution in [-0.2, 0) is 5.60 Å². The highest BCUT2D eigenvalue weighted by atomic mass is 79.9. The largest absolute Gasteiger partial charge is 0.430 e. The molecule has 0 heterocycles. The third-order valence-corrected chi connectivity index (χ3v) is 2.77. The number of aliphatic hydroxyl groups is 1. The fourth-order valence-corrected chi connectivity index (χ4v) is 1.59. The Morgan fingerprint density at radius 3 is 1.72 bits per heavy atom. The van der Waals surface area contributed by atoms with Gasteiger partial charge in [0.2, 0.25) is 0 Å². The maximum absolute atomic E-state index is 12.8. The number of hydrogen-bond donors (Lipinski definition) is 1. The Morgan fingerprint density at radius 2 is 1.39 bits per heavy atom. The summed E-state index contributed by atoms with van der Waals surface area (Å²) < 4.78 is 86.8. The number of rotatable bonds is 1. The summed E-state index contributed by atoms with van der Waals surface area (Å²) in [6, 6.07) is 0.846. The van der Waals surface area contributed by atoms with E-state index in [0.29, 0.717) is 6.07 Å². The zero-order valence-corrected chi connectivity index (χ0v) is 9.79. The molecule has 1 aromatic carbocycles. The summed E-state index contributed by atoms with van der Waals surface area (Å²) in [5.74, 6) is -1.05. The average molecular weight is 341 g/mol. The maximum Gasteiger partial charge on any atom is 0.430 e. The van der Waals surface area contributed by atoms with Crippen LogP contribution in [0, 0.1) is 5.82 Å². The molecular formula is C9H4BrF7O. The van der Waals surface area contributed by atoms with E-state index in [1.54, 1.807) is 0 Å². The van der Waals surface area contributed by atoms with Crippen molar-refractivity contribution in [2.24, 2.45) is 0 Å². The third-order valence-electron chi connectivity index (χ3n) is 2.16. The summed E-state index contributed by atoms with van der Waals surface area (Å²) in [5.41, 5.74) is -6.56. The van der Waals surface area contributed by atoms with Crippen LogP contribution in [0.15, 0.2) is 22.7 Å². The van der Waals surface area contributed by atoms with Gasteiger partial charge in [0, 0.05) is 5.56 Å². The Morgan fingerprint density at radius 1 is 0.944 bits per heavy atom. The van der Waals surface area contributed by atoms with Crippen molar-refractivity contribution >= 4 is 15.9 Å². The fraction of sp³-hybridized carbons (Fsp3) is 0.333. The summed E-state index contributed by atoms with van der Waals surface area (Å²) in [7, 11) is 0. The standard InChI is InChI=1S/C9H4BrF7O/c10-5-3-4(1-2-6(5)11)7(18,8(12,13)14)9(15,16)17/h1-3,18H. The molecule has 0 fully saturated rings. The summed E-state index contributed by atoms with van der Waals surface area (Å²) in [5, 5.41) is 8.98. The van der Waals surface area contributed by atoms with E-state index >= 15 is 0 Å². The van der Waals surface area contributed by atoms with Crippen molar-refractivity contribution in [1.29, 1.82) is 0 Å². The molecule has 0 aliphatic rings. The molecule has 0 radical (unpaired) electrons. The van der Waals surface area contributed by atoms with Gasteiger partial charge >= 0.3 is 12.4 Å². The highest BCUT2D eigenvalue weighted by Gasteiger charge is 2.71. The van der Waals surface area contributed by atoms with Gasteiger partial charge in [-0.05, 0) is 28.1 Å². The van der Waals surface area contributed by atoms with Crippen LogP contribution in [0.4, 0.5) is 30.7 Å². The van der Waals surface area contributed by atoms with Gasteiger partial charge in [0.25, 0.3) is 5.60 Å². The van der Waals surface area contributed by atoms with Gasteiger partial charge < -0.3 is 5.11 Å². The molecule has 0 unspecified atom stereocenters. The van der Waals surface area contributed by atoms with Crippen LogP contribution >= 0.6 is 15.9 Å². The molecule has 0 aliphatic heterocycles. The maximum atomic E-state index is 12.8. The molecule has 0 bridgehead atoms. The van der Waals surface area contributed by atoms with Crippen molar-refractivity contribution in [3.8, 4) is 0 Å². The second-order valence-corrected chi connectivity index (χ2v) is 4.19. The van der Waals surface area contributed by atoms with Crippen LogP contribution in [0.2, 0.25) is 0 Å². The second-order valence-electron chi connectivity index (χ2n) is 3.33. The normalized spacial score (nSPS) is 13.8. The Kier molecular flexibility index (Phi) is 3.70. The number of alkyl halides is 6. The molecule has 0 aliphatic carbocycles. The van der Waals surface area contributed by atoms with Crippen LogP contribution in [0.3, 0.4) is 0 Å². The van der Waals surface area contributed by atoms with Crippen LogP contribution in [-0.4, -0.2) is 17.5 Å². The van der Waals surface area contributed by atoms with E-state index in [-0.39, 0.29) is 12.1 Å². The van der Waals surface area contributed by atoms with Gasteiger partial charge in [-0.1, -0.05) is 6.07 Å². The third kappa shape index (κ3) is 2.33. The van der Waals surface area contributed by atoms with Gasteiger partial charge in [-0.2, -0.15) is 26.3 Å². The van der Waals surface area contributed by atoms with Crippen LogP contribution in [0.1, 0.15) is 5.56 Å². The molecule has 1 aromatic rings. The Bertz CT molecular complexity index is 437. The number of halogens is 8. The Hall–Kier alpha value is -0.830. The van der Waals surface area contributed by atoms with Gasteiger partial charge in [-0.25, -0.2) is 4.39 Å². The number of hydrogen-bond acceptors (Lipinski definition) is 1. The first-order valence-electron chi connectivity index (χ1n) is 4.22. The van der Waals surface area contributed by atoms with Crippen molar-refractivity contribution in [2.75, 3.05) is 0 Å². The van der Waals surface area contributed by atoms with Gasteiger partial charge in [0.1, 0.15) is 5.82 Å². The van der Waals surface area contributed by atoms with Crippen LogP contribution in [0.5, 0.6) is 0 Å². The van der Waals surface area contributed by atoms with Gasteiger partial charge in [0.05, 0.1) is 4.47 Å². The van der Waals surface area contributed by atoms with E-state index in [9.17, 15) is 30.7 Å². The summed E-state index contributed by atoms with van der Waals surface area (Å²) in [6.45, 7) is 0. The molecule has 0 saturated carbocycles. The lowest BCUT2D eigenvalue weighted by Crippen LogP contribution is -2.53. The van der Waals surface area contributed by atoms with Crippen molar-refractivity contribution in [3.63, 3.8) is 0 Å².